The summed E-state index contributed by atoms with van der Waals surface area (Å²) < 4.78 is 26.7. The Morgan fingerprint density at radius 2 is 2.26 bits per heavy atom. The summed E-state index contributed by atoms with van der Waals surface area (Å²) in [5.74, 6) is 0. The molecule has 2 N–H and O–H groups in total. The number of aromatic nitrogens is 2. The highest BCUT2D eigenvalue weighted by Crippen LogP contribution is 2.15. The van der Waals surface area contributed by atoms with Gasteiger partial charge in [0.25, 0.3) is 0 Å². The molecule has 8 heteroatoms. The molecule has 6 nitrogen and oxygen atoms in total. The largest absolute Gasteiger partial charge is 0.331 e. The van der Waals surface area contributed by atoms with Gasteiger partial charge >= 0.3 is 0 Å². The number of hydrogen-bond acceptors (Lipinski definition) is 4. The molecule has 2 rings (SSSR count). The van der Waals surface area contributed by atoms with Crippen LogP contribution >= 0.6 is 12.2 Å². The van der Waals surface area contributed by atoms with Crippen molar-refractivity contribution in [3.8, 4) is 6.07 Å². The number of nitrogens with one attached hydrogen (secondary N) is 2. The summed E-state index contributed by atoms with van der Waals surface area (Å²) in [6, 6.07) is 7.27. The first-order valence-electron chi connectivity index (χ1n) is 5.48. The van der Waals surface area contributed by atoms with Crippen LogP contribution in [0.3, 0.4) is 0 Å². The quantitative estimate of drug-likeness (QED) is 0.827. The third-order valence-electron chi connectivity index (χ3n) is 2.60. The first-order chi connectivity index (χ1) is 8.90. The van der Waals surface area contributed by atoms with Crippen LogP contribution in [-0.4, -0.2) is 30.8 Å². The molecule has 0 amide bonds. The molecule has 0 unspecified atom stereocenters. The Morgan fingerprint density at radius 1 is 1.53 bits per heavy atom. The summed E-state index contributed by atoms with van der Waals surface area (Å²) in [6.45, 7) is 0.650. The molecule has 0 spiro atoms. The van der Waals surface area contributed by atoms with Crippen molar-refractivity contribution in [2.24, 2.45) is 0 Å². The summed E-state index contributed by atoms with van der Waals surface area (Å²) in [6.07, 6.45) is 1.11. The van der Waals surface area contributed by atoms with E-state index in [2.05, 4.69) is 15.8 Å². The molecule has 0 aliphatic heterocycles. The summed E-state index contributed by atoms with van der Waals surface area (Å²) in [7, 11) is -3.22. The van der Waals surface area contributed by atoms with Gasteiger partial charge in [0.15, 0.2) is 4.77 Å². The monoisotopic (exact) mass is 296 g/mol. The fraction of sp³-hybridized carbons (Fsp3) is 0.273. The first-order valence-corrected chi connectivity index (χ1v) is 7.78. The molecule has 19 heavy (non-hydrogen) atoms. The van der Waals surface area contributed by atoms with Crippen molar-refractivity contribution >= 4 is 33.3 Å². The van der Waals surface area contributed by atoms with Gasteiger partial charge in [-0.3, -0.25) is 0 Å². The van der Waals surface area contributed by atoms with Crippen molar-refractivity contribution in [3.63, 3.8) is 0 Å². The lowest BCUT2D eigenvalue weighted by Crippen LogP contribution is -2.26. The summed E-state index contributed by atoms with van der Waals surface area (Å²) in [5, 5.41) is 8.89. The number of nitrogens with zero attached hydrogens (tertiary/aromatic N) is 2. The topological polar surface area (TPSA) is 90.7 Å². The van der Waals surface area contributed by atoms with Crippen LogP contribution in [0.5, 0.6) is 0 Å². The van der Waals surface area contributed by atoms with Crippen LogP contribution in [0.4, 0.5) is 0 Å². The number of H-pyrrole nitrogens is 1. The van der Waals surface area contributed by atoms with E-state index >= 15 is 0 Å². The molecule has 0 aliphatic carbocycles. The van der Waals surface area contributed by atoms with Gasteiger partial charge in [0.05, 0.1) is 28.9 Å². The summed E-state index contributed by atoms with van der Waals surface area (Å²) in [4.78, 5) is 3.02. The first kappa shape index (κ1) is 13.7. The SMILES string of the molecule is CS(=O)(=O)NCCn1c(=S)[nH]c2ccc(C#N)cc21. The van der Waals surface area contributed by atoms with Crippen molar-refractivity contribution in [3.05, 3.63) is 28.5 Å². The molecule has 0 atom stereocenters. The second-order valence-corrected chi connectivity index (χ2v) is 6.31. The number of aromatic amines is 1. The van der Waals surface area contributed by atoms with Crippen molar-refractivity contribution < 1.29 is 8.42 Å². The average molecular weight is 296 g/mol. The van der Waals surface area contributed by atoms with Gasteiger partial charge in [-0.25, -0.2) is 13.1 Å². The molecule has 2 aromatic rings. The van der Waals surface area contributed by atoms with Crippen molar-refractivity contribution in [1.82, 2.24) is 14.3 Å². The van der Waals surface area contributed by atoms with Crippen LogP contribution in [-0.2, 0) is 16.6 Å². The van der Waals surface area contributed by atoms with Gasteiger partial charge in [-0.2, -0.15) is 5.26 Å². The molecule has 0 bridgehead atoms. The third-order valence-corrected chi connectivity index (χ3v) is 3.65. The number of rotatable bonds is 4. The second-order valence-electron chi connectivity index (χ2n) is 4.09. The minimum atomic E-state index is -3.22. The molecular formula is C11H12N4O2S2. The maximum atomic E-state index is 11.0. The van der Waals surface area contributed by atoms with E-state index < -0.39 is 10.0 Å². The van der Waals surface area contributed by atoms with Crippen LogP contribution in [0.25, 0.3) is 11.0 Å². The Hall–Kier alpha value is -1.69. The third kappa shape index (κ3) is 3.20. The summed E-state index contributed by atoms with van der Waals surface area (Å²) >= 11 is 5.19. The molecule has 1 aromatic carbocycles. The predicted octanol–water partition coefficient (Wildman–Crippen LogP) is 1.12. The Morgan fingerprint density at radius 3 is 2.89 bits per heavy atom. The normalized spacial score (nSPS) is 11.6. The highest BCUT2D eigenvalue weighted by Gasteiger charge is 2.06. The minimum absolute atomic E-state index is 0.247. The van der Waals surface area contributed by atoms with Gasteiger partial charge < -0.3 is 9.55 Å². The molecule has 0 saturated heterocycles. The highest BCUT2D eigenvalue weighted by atomic mass is 32.2. The summed E-state index contributed by atoms with van der Waals surface area (Å²) in [5.41, 5.74) is 2.15. The van der Waals surface area contributed by atoms with E-state index in [1.165, 1.54) is 0 Å². The molecule has 0 fully saturated rings. The van der Waals surface area contributed by atoms with Gasteiger partial charge in [0.2, 0.25) is 10.0 Å². The van der Waals surface area contributed by atoms with E-state index in [0.29, 0.717) is 16.9 Å². The molecule has 0 radical (unpaired) electrons. The molecule has 0 aliphatic rings. The number of benzene rings is 1. The smallest absolute Gasteiger partial charge is 0.208 e. The zero-order valence-electron chi connectivity index (χ0n) is 10.2. The van der Waals surface area contributed by atoms with Crippen molar-refractivity contribution in [2.75, 3.05) is 12.8 Å². The molecular weight excluding hydrogens is 284 g/mol. The molecule has 100 valence electrons. The van der Waals surface area contributed by atoms with Gasteiger partial charge in [-0.1, -0.05) is 0 Å². The molecule has 0 saturated carbocycles. The van der Waals surface area contributed by atoms with E-state index in [0.717, 1.165) is 17.3 Å². The van der Waals surface area contributed by atoms with Crippen LogP contribution < -0.4 is 4.72 Å². The van der Waals surface area contributed by atoms with Crippen LogP contribution in [0.2, 0.25) is 0 Å². The number of nitriles is 1. The van der Waals surface area contributed by atoms with Gasteiger partial charge in [-0.15, -0.1) is 0 Å². The van der Waals surface area contributed by atoms with Crippen LogP contribution in [0.1, 0.15) is 5.56 Å². The lowest BCUT2D eigenvalue weighted by atomic mass is 10.2. The Bertz CT molecular complexity index is 811. The Labute approximate surface area is 115 Å². The minimum Gasteiger partial charge on any atom is -0.331 e. The van der Waals surface area contributed by atoms with E-state index in [1.807, 2.05) is 0 Å². The van der Waals surface area contributed by atoms with Gasteiger partial charge in [0.1, 0.15) is 0 Å². The number of sulfonamides is 1. The van der Waals surface area contributed by atoms with Gasteiger partial charge in [-0.05, 0) is 30.4 Å². The average Bonchev–Trinajstić information content (AvgIpc) is 2.63. The second kappa shape index (κ2) is 5.13. The van der Waals surface area contributed by atoms with E-state index in [9.17, 15) is 8.42 Å². The fourth-order valence-corrected chi connectivity index (χ4v) is 2.55. The lowest BCUT2D eigenvalue weighted by Gasteiger charge is -2.05. The van der Waals surface area contributed by atoms with E-state index in [-0.39, 0.29) is 6.54 Å². The van der Waals surface area contributed by atoms with Crippen molar-refractivity contribution in [2.45, 2.75) is 6.54 Å². The zero-order valence-corrected chi connectivity index (χ0v) is 11.8. The predicted molar refractivity (Wildman–Crippen MR) is 74.7 cm³/mol. The highest BCUT2D eigenvalue weighted by molar-refractivity contribution is 7.88. The van der Waals surface area contributed by atoms with E-state index in [1.54, 1.807) is 22.8 Å². The van der Waals surface area contributed by atoms with Crippen LogP contribution in [0.15, 0.2) is 18.2 Å². The fourth-order valence-electron chi connectivity index (χ4n) is 1.79. The maximum Gasteiger partial charge on any atom is 0.208 e. The molecule has 1 aromatic heterocycles. The number of fused-ring (bicyclic) bond motifs is 1. The zero-order chi connectivity index (χ0) is 14.0. The number of hydrogen-bond donors (Lipinski definition) is 2. The van der Waals surface area contributed by atoms with Gasteiger partial charge in [0, 0.05) is 13.1 Å². The maximum absolute atomic E-state index is 11.0. The Balaban J connectivity index is 2.34. The van der Waals surface area contributed by atoms with Crippen LogP contribution in [0, 0.1) is 16.1 Å². The van der Waals surface area contributed by atoms with E-state index in [4.69, 9.17) is 17.5 Å². The molecule has 1 heterocycles. The van der Waals surface area contributed by atoms with Crippen molar-refractivity contribution in [1.29, 1.82) is 5.26 Å². The number of imidazole rings is 1. The Kier molecular flexibility index (Phi) is 3.71. The lowest BCUT2D eigenvalue weighted by molar-refractivity contribution is 0.579. The standard InChI is InChI=1S/C11H12N4O2S2/c1-19(16,17)13-4-5-15-10-6-8(7-12)2-3-9(10)14-11(15)18/h2-3,6,13H,4-5H2,1H3,(H,14,18).